The van der Waals surface area contributed by atoms with Gasteiger partial charge in [-0.25, -0.2) is 4.79 Å². The fourth-order valence-electron chi connectivity index (χ4n) is 7.15. The molecule has 0 unspecified atom stereocenters. The number of carbonyl (C=O) groups is 1. The third-order valence-corrected chi connectivity index (χ3v) is 9.86. The van der Waals surface area contributed by atoms with E-state index in [1.165, 1.54) is 0 Å². The van der Waals surface area contributed by atoms with E-state index in [-0.39, 0.29) is 5.97 Å². The van der Waals surface area contributed by atoms with Crippen LogP contribution < -0.4 is 18.9 Å². The van der Waals surface area contributed by atoms with E-state index < -0.39 is 0 Å². The van der Waals surface area contributed by atoms with Crippen molar-refractivity contribution in [1.82, 2.24) is 0 Å². The summed E-state index contributed by atoms with van der Waals surface area (Å²) < 4.78 is 26.5. The molecule has 0 aromatic heterocycles. The minimum absolute atomic E-state index is 0.390. The Hall–Kier alpha value is -5.81. The van der Waals surface area contributed by atoms with E-state index in [2.05, 4.69) is 98.8 Å². The van der Waals surface area contributed by atoms with Crippen LogP contribution in [-0.2, 0) is 32.3 Å². The van der Waals surface area contributed by atoms with Crippen molar-refractivity contribution in [2.75, 3.05) is 13.2 Å². The lowest BCUT2D eigenvalue weighted by Gasteiger charge is -2.22. The minimum Gasteiger partial charge on any atom is -0.493 e. The highest BCUT2D eigenvalue weighted by Gasteiger charge is 2.23. The summed E-state index contributed by atoms with van der Waals surface area (Å²) in [6.45, 7) is 5.99. The fourth-order valence-corrected chi connectivity index (χ4v) is 7.15. The van der Waals surface area contributed by atoms with Crippen LogP contribution >= 0.6 is 0 Å². The largest absolute Gasteiger partial charge is 0.493 e. The Morgan fingerprint density at radius 3 is 1.30 bits per heavy atom. The van der Waals surface area contributed by atoms with Crippen molar-refractivity contribution < 1.29 is 23.7 Å². The lowest BCUT2D eigenvalue weighted by Crippen LogP contribution is -2.13. The zero-order valence-corrected chi connectivity index (χ0v) is 31.3. The second kappa shape index (κ2) is 17.8. The van der Waals surface area contributed by atoms with E-state index in [0.717, 1.165) is 86.6 Å². The molecular weight excluding hydrogens is 669 g/mol. The fraction of sp³-hybridized carbons (Fsp3) is 0.245. The van der Waals surface area contributed by atoms with Gasteiger partial charge in [-0.2, -0.15) is 0 Å². The van der Waals surface area contributed by atoms with Crippen molar-refractivity contribution in [3.63, 3.8) is 0 Å². The van der Waals surface area contributed by atoms with Crippen LogP contribution in [0.1, 0.15) is 93.5 Å². The second-order valence-corrected chi connectivity index (χ2v) is 13.9. The zero-order chi connectivity index (χ0) is 37.1. The molecule has 54 heavy (non-hydrogen) atoms. The number of unbranched alkanes of at least 4 members (excludes halogenated alkanes) is 1. The van der Waals surface area contributed by atoms with Gasteiger partial charge in [0, 0.05) is 25.7 Å². The number of benzene rings is 6. The Kier molecular flexibility index (Phi) is 12.1. The molecule has 0 N–H and O–H groups in total. The molecular formula is C49H48O5. The van der Waals surface area contributed by atoms with Crippen molar-refractivity contribution in [2.45, 2.75) is 65.4 Å². The third-order valence-electron chi connectivity index (χ3n) is 9.86. The Morgan fingerprint density at radius 1 is 0.444 bits per heavy atom. The van der Waals surface area contributed by atoms with E-state index in [9.17, 15) is 4.79 Å². The highest BCUT2D eigenvalue weighted by molar-refractivity contribution is 5.91. The summed E-state index contributed by atoms with van der Waals surface area (Å²) in [7, 11) is 0. The summed E-state index contributed by atoms with van der Waals surface area (Å²) in [4.78, 5) is 13.8. The highest BCUT2D eigenvalue weighted by Crippen LogP contribution is 2.39. The maximum Gasteiger partial charge on any atom is 0.343 e. The molecule has 0 atom stereocenters. The lowest BCUT2D eigenvalue weighted by molar-refractivity contribution is 0.0731. The summed E-state index contributed by atoms with van der Waals surface area (Å²) in [5, 5.41) is 0. The monoisotopic (exact) mass is 716 g/mol. The predicted molar refractivity (Wildman–Crippen MR) is 215 cm³/mol. The topological polar surface area (TPSA) is 54.0 Å². The number of rotatable bonds is 12. The molecule has 1 aliphatic carbocycles. The number of fused-ring (bicyclic) bond motifs is 8. The first-order chi connectivity index (χ1) is 26.6. The standard InChI is InChI=1S/C49H48O5/c1-3-5-29-52-46-39-22-13-23-40(46)32-43-26-15-27-44(48(43)54-49(50)36-18-10-7-11-19-36)33-42-25-14-24-41(47(42)53-34-35-16-8-6-9-17-35)31-38-21-12-20-37(30-39)45(38)51-28-4-2/h6-27H,3-5,28-34H2,1-2H3. The van der Waals surface area contributed by atoms with Crippen LogP contribution in [0.3, 0.4) is 0 Å². The Morgan fingerprint density at radius 2 is 0.852 bits per heavy atom. The third kappa shape index (κ3) is 8.69. The van der Waals surface area contributed by atoms with Gasteiger partial charge in [0.2, 0.25) is 0 Å². The van der Waals surface area contributed by atoms with E-state index in [1.807, 2.05) is 36.4 Å². The molecule has 0 spiro atoms. The van der Waals surface area contributed by atoms with Crippen molar-refractivity contribution >= 4 is 5.97 Å². The van der Waals surface area contributed by atoms with E-state index >= 15 is 0 Å². The van der Waals surface area contributed by atoms with Crippen molar-refractivity contribution in [3.05, 3.63) is 189 Å². The van der Waals surface area contributed by atoms with Gasteiger partial charge >= 0.3 is 5.97 Å². The number of para-hydroxylation sites is 4. The average Bonchev–Trinajstić information content (AvgIpc) is 3.20. The number of hydrogen-bond acceptors (Lipinski definition) is 5. The first-order valence-electron chi connectivity index (χ1n) is 19.2. The second-order valence-electron chi connectivity index (χ2n) is 13.9. The molecule has 0 aliphatic heterocycles. The zero-order valence-electron chi connectivity index (χ0n) is 31.3. The molecule has 5 nitrogen and oxygen atoms in total. The van der Waals surface area contributed by atoms with E-state index in [0.29, 0.717) is 56.8 Å². The van der Waals surface area contributed by atoms with Crippen LogP contribution in [0.15, 0.2) is 133 Å². The summed E-state index contributed by atoms with van der Waals surface area (Å²) in [6, 6.07) is 44.9. The number of carbonyl (C=O) groups excluding carboxylic acids is 1. The number of esters is 1. The maximum absolute atomic E-state index is 13.8. The predicted octanol–water partition coefficient (Wildman–Crippen LogP) is 11.1. The number of hydrogen-bond donors (Lipinski definition) is 0. The van der Waals surface area contributed by atoms with Crippen LogP contribution in [0.4, 0.5) is 0 Å². The van der Waals surface area contributed by atoms with Gasteiger partial charge in [0.25, 0.3) is 0 Å². The van der Waals surface area contributed by atoms with Gasteiger partial charge < -0.3 is 18.9 Å². The minimum atomic E-state index is -0.390. The molecule has 274 valence electrons. The summed E-state index contributed by atoms with van der Waals surface area (Å²) in [5.41, 5.74) is 9.87. The first-order valence-corrected chi connectivity index (χ1v) is 19.2. The lowest BCUT2D eigenvalue weighted by atomic mass is 9.91. The Labute approximate surface area is 319 Å². The summed E-state index contributed by atoms with van der Waals surface area (Å²) >= 11 is 0. The molecule has 0 radical (unpaired) electrons. The molecule has 0 saturated carbocycles. The van der Waals surface area contributed by atoms with Crippen LogP contribution in [0, 0.1) is 0 Å². The van der Waals surface area contributed by atoms with Crippen LogP contribution in [0.25, 0.3) is 0 Å². The summed E-state index contributed by atoms with van der Waals surface area (Å²) in [6.07, 6.45) is 5.20. The van der Waals surface area contributed by atoms with Crippen molar-refractivity contribution in [3.8, 4) is 23.0 Å². The SMILES string of the molecule is CCCCOc1c2cccc1Cc1cccc(c1OC(=O)c1ccccc1)Cc1cccc(c1OCc1ccccc1)Cc1cccc(c1OCCC)C2. The molecule has 0 amide bonds. The maximum atomic E-state index is 13.8. The first kappa shape index (κ1) is 36.5. The number of ether oxygens (including phenoxy) is 4. The molecule has 7 rings (SSSR count). The molecule has 8 bridgehead atoms. The smallest absolute Gasteiger partial charge is 0.343 e. The van der Waals surface area contributed by atoms with Crippen LogP contribution in [-0.4, -0.2) is 19.2 Å². The van der Waals surface area contributed by atoms with Gasteiger partial charge in [-0.1, -0.05) is 142 Å². The molecule has 0 saturated heterocycles. The van der Waals surface area contributed by atoms with Gasteiger partial charge in [0.15, 0.2) is 0 Å². The molecule has 0 heterocycles. The molecule has 6 aromatic rings. The van der Waals surface area contributed by atoms with Crippen molar-refractivity contribution in [2.24, 2.45) is 0 Å². The summed E-state index contributed by atoms with van der Waals surface area (Å²) in [5.74, 6) is 2.83. The molecule has 0 fully saturated rings. The molecule has 6 aromatic carbocycles. The normalized spacial score (nSPS) is 12.1. The molecule has 1 aliphatic rings. The van der Waals surface area contributed by atoms with Crippen LogP contribution in [0.2, 0.25) is 0 Å². The van der Waals surface area contributed by atoms with Gasteiger partial charge in [-0.15, -0.1) is 0 Å². The molecule has 5 heteroatoms. The highest BCUT2D eigenvalue weighted by atomic mass is 16.5. The average molecular weight is 717 g/mol. The Bertz CT molecular complexity index is 2170. The van der Waals surface area contributed by atoms with Gasteiger partial charge in [-0.3, -0.25) is 0 Å². The Balaban J connectivity index is 1.41. The van der Waals surface area contributed by atoms with E-state index in [1.54, 1.807) is 12.1 Å². The van der Waals surface area contributed by atoms with E-state index in [4.69, 9.17) is 18.9 Å². The van der Waals surface area contributed by atoms with Gasteiger partial charge in [-0.05, 0) is 75.0 Å². The van der Waals surface area contributed by atoms with Crippen molar-refractivity contribution in [1.29, 1.82) is 0 Å². The van der Waals surface area contributed by atoms with Gasteiger partial charge in [0.1, 0.15) is 29.6 Å². The quantitative estimate of drug-likeness (QED) is 0.0716. The van der Waals surface area contributed by atoms with Gasteiger partial charge in [0.05, 0.1) is 18.8 Å². The van der Waals surface area contributed by atoms with Crippen LogP contribution in [0.5, 0.6) is 23.0 Å².